The number of hydrogen-bond donors (Lipinski definition) is 1. The molecule has 3 rings (SSSR count). The number of fused-ring (bicyclic) bond motifs is 1. The summed E-state index contributed by atoms with van der Waals surface area (Å²) in [6, 6.07) is 18.4. The summed E-state index contributed by atoms with van der Waals surface area (Å²) in [6.45, 7) is 0. The molecule has 0 saturated carbocycles. The van der Waals surface area contributed by atoms with Gasteiger partial charge in [0.15, 0.2) is 0 Å². The van der Waals surface area contributed by atoms with Gasteiger partial charge in [0.1, 0.15) is 0 Å². The number of carbonyl (C=O) groups is 1. The molecule has 19 heavy (non-hydrogen) atoms. The molecule has 96 valence electrons. The lowest BCUT2D eigenvalue weighted by atomic mass is 10.1. The number of para-hydroxylation sites is 1. The fraction of sp³-hybridized carbons (Fsp3) is 0.188. The van der Waals surface area contributed by atoms with Crippen molar-refractivity contribution in [2.75, 3.05) is 5.32 Å². The smallest absolute Gasteiger partial charge is 0.224 e. The van der Waals surface area contributed by atoms with E-state index in [-0.39, 0.29) is 5.91 Å². The normalized spacial score (nSPS) is 18.9. The zero-order valence-electron chi connectivity index (χ0n) is 10.5. The van der Waals surface area contributed by atoms with Crippen LogP contribution in [0, 0.1) is 0 Å². The van der Waals surface area contributed by atoms with E-state index in [4.69, 9.17) is 0 Å². The van der Waals surface area contributed by atoms with E-state index in [9.17, 15) is 4.79 Å². The van der Waals surface area contributed by atoms with Crippen molar-refractivity contribution in [2.45, 2.75) is 23.0 Å². The largest absolute Gasteiger partial charge is 0.325 e. The first-order valence-corrected chi connectivity index (χ1v) is 7.31. The monoisotopic (exact) mass is 269 g/mol. The van der Waals surface area contributed by atoms with Gasteiger partial charge in [-0.15, -0.1) is 11.8 Å². The van der Waals surface area contributed by atoms with E-state index in [1.54, 1.807) is 0 Å². The average molecular weight is 269 g/mol. The Labute approximate surface area is 117 Å². The molecular formula is C16H15NOS. The van der Waals surface area contributed by atoms with Gasteiger partial charge in [-0.3, -0.25) is 4.79 Å². The van der Waals surface area contributed by atoms with Crippen molar-refractivity contribution in [3.8, 4) is 0 Å². The van der Waals surface area contributed by atoms with Crippen molar-refractivity contribution in [3.05, 3.63) is 60.2 Å². The molecular weight excluding hydrogens is 254 g/mol. The number of amides is 1. The van der Waals surface area contributed by atoms with E-state index in [0.29, 0.717) is 11.7 Å². The van der Waals surface area contributed by atoms with E-state index in [1.165, 1.54) is 5.56 Å². The van der Waals surface area contributed by atoms with Gasteiger partial charge >= 0.3 is 0 Å². The van der Waals surface area contributed by atoms with Crippen molar-refractivity contribution < 1.29 is 4.79 Å². The van der Waals surface area contributed by atoms with Gasteiger partial charge in [0.2, 0.25) is 5.91 Å². The number of benzene rings is 2. The lowest BCUT2D eigenvalue weighted by Gasteiger charge is -2.22. The van der Waals surface area contributed by atoms with Crippen LogP contribution in [0.25, 0.3) is 0 Å². The van der Waals surface area contributed by atoms with Gasteiger partial charge in [0.05, 0.1) is 5.69 Å². The second-order valence-corrected chi connectivity index (χ2v) is 5.84. The lowest BCUT2D eigenvalue weighted by Crippen LogP contribution is -2.15. The lowest BCUT2D eigenvalue weighted by molar-refractivity contribution is -0.116. The summed E-state index contributed by atoms with van der Waals surface area (Å²) in [7, 11) is 0. The maximum Gasteiger partial charge on any atom is 0.224 e. The third-order valence-electron chi connectivity index (χ3n) is 3.24. The molecule has 1 aliphatic heterocycles. The van der Waals surface area contributed by atoms with Crippen LogP contribution >= 0.6 is 11.8 Å². The zero-order valence-corrected chi connectivity index (χ0v) is 11.3. The first-order chi connectivity index (χ1) is 9.33. The van der Waals surface area contributed by atoms with Crippen LogP contribution in [0.5, 0.6) is 0 Å². The SMILES string of the molecule is O=C1CC[C@H](c2ccccc2)Sc2ccccc2N1. The Kier molecular flexibility index (Phi) is 3.56. The van der Waals surface area contributed by atoms with Crippen molar-refractivity contribution in [3.63, 3.8) is 0 Å². The molecule has 1 N–H and O–H groups in total. The van der Waals surface area contributed by atoms with Gasteiger partial charge in [-0.1, -0.05) is 42.5 Å². The second kappa shape index (κ2) is 5.49. The number of rotatable bonds is 1. The van der Waals surface area contributed by atoms with Crippen molar-refractivity contribution >= 4 is 23.4 Å². The third kappa shape index (κ3) is 2.82. The summed E-state index contributed by atoms with van der Waals surface area (Å²) in [5, 5.41) is 3.32. The van der Waals surface area contributed by atoms with E-state index in [0.717, 1.165) is 17.0 Å². The molecule has 3 heteroatoms. The number of anilines is 1. The van der Waals surface area contributed by atoms with Gasteiger partial charge in [-0.2, -0.15) is 0 Å². The highest BCUT2D eigenvalue weighted by Crippen LogP contribution is 2.42. The molecule has 0 aliphatic carbocycles. The number of thioether (sulfide) groups is 1. The van der Waals surface area contributed by atoms with Gasteiger partial charge in [-0.05, 0) is 24.1 Å². The van der Waals surface area contributed by atoms with Crippen LogP contribution < -0.4 is 5.32 Å². The summed E-state index contributed by atoms with van der Waals surface area (Å²) in [4.78, 5) is 13.0. The van der Waals surface area contributed by atoms with Crippen molar-refractivity contribution in [1.82, 2.24) is 0 Å². The number of carbonyl (C=O) groups excluding carboxylic acids is 1. The van der Waals surface area contributed by atoms with Gasteiger partial charge in [-0.25, -0.2) is 0 Å². The van der Waals surface area contributed by atoms with Gasteiger partial charge in [0, 0.05) is 16.6 Å². The minimum Gasteiger partial charge on any atom is -0.325 e. The maximum absolute atomic E-state index is 11.9. The Balaban J connectivity index is 1.95. The number of nitrogens with one attached hydrogen (secondary N) is 1. The molecule has 2 aromatic rings. The number of hydrogen-bond acceptors (Lipinski definition) is 2. The third-order valence-corrected chi connectivity index (χ3v) is 4.64. The van der Waals surface area contributed by atoms with E-state index in [1.807, 2.05) is 36.0 Å². The summed E-state index contributed by atoms with van der Waals surface area (Å²) >= 11 is 1.83. The predicted molar refractivity (Wildman–Crippen MR) is 79.3 cm³/mol. The molecule has 2 aromatic carbocycles. The van der Waals surface area contributed by atoms with Gasteiger partial charge < -0.3 is 5.32 Å². The molecule has 1 atom stereocenters. The Morgan fingerprint density at radius 2 is 1.74 bits per heavy atom. The highest BCUT2D eigenvalue weighted by molar-refractivity contribution is 7.99. The fourth-order valence-electron chi connectivity index (χ4n) is 2.26. The Bertz CT molecular complexity index is 582. The van der Waals surface area contributed by atoms with E-state index < -0.39 is 0 Å². The average Bonchev–Trinajstić information content (AvgIpc) is 2.44. The first-order valence-electron chi connectivity index (χ1n) is 6.43. The molecule has 1 heterocycles. The summed E-state index contributed by atoms with van der Waals surface area (Å²) in [5.74, 6) is 0.105. The van der Waals surface area contributed by atoms with Gasteiger partial charge in [0.25, 0.3) is 0 Å². The molecule has 0 unspecified atom stereocenters. The van der Waals surface area contributed by atoms with Crippen molar-refractivity contribution in [2.24, 2.45) is 0 Å². The van der Waals surface area contributed by atoms with Crippen LogP contribution in [0.2, 0.25) is 0 Å². The Hall–Kier alpha value is -1.74. The van der Waals surface area contributed by atoms with Crippen molar-refractivity contribution in [1.29, 1.82) is 0 Å². The molecule has 0 spiro atoms. The highest BCUT2D eigenvalue weighted by atomic mass is 32.2. The molecule has 2 nitrogen and oxygen atoms in total. The van der Waals surface area contributed by atoms with Crippen LogP contribution in [-0.4, -0.2) is 5.91 Å². The van der Waals surface area contributed by atoms with E-state index >= 15 is 0 Å². The van der Waals surface area contributed by atoms with Crippen LogP contribution in [-0.2, 0) is 4.79 Å². The molecule has 0 saturated heterocycles. The molecule has 1 amide bonds. The molecule has 0 radical (unpaired) electrons. The molecule has 1 aliphatic rings. The van der Waals surface area contributed by atoms with Crippen LogP contribution in [0.4, 0.5) is 5.69 Å². The fourth-order valence-corrected chi connectivity index (χ4v) is 3.50. The van der Waals surface area contributed by atoms with E-state index in [2.05, 4.69) is 35.6 Å². The summed E-state index contributed by atoms with van der Waals surface area (Å²) in [5.41, 5.74) is 2.22. The topological polar surface area (TPSA) is 29.1 Å². The molecule has 0 fully saturated rings. The summed E-state index contributed by atoms with van der Waals surface area (Å²) < 4.78 is 0. The minimum absolute atomic E-state index is 0.105. The summed E-state index contributed by atoms with van der Waals surface area (Å²) in [6.07, 6.45) is 1.44. The zero-order chi connectivity index (χ0) is 13.1. The first kappa shape index (κ1) is 12.3. The standard InChI is InChI=1S/C16H15NOS/c18-16-11-10-14(12-6-2-1-3-7-12)19-15-9-5-4-8-13(15)17-16/h1-9,14H,10-11H2,(H,17,18)/t14-/m1/s1. The molecule has 0 bridgehead atoms. The molecule has 0 aromatic heterocycles. The maximum atomic E-state index is 11.9. The van der Waals surface area contributed by atoms with Crippen LogP contribution in [0.3, 0.4) is 0 Å². The Morgan fingerprint density at radius 1 is 1.00 bits per heavy atom. The minimum atomic E-state index is 0.105. The Morgan fingerprint density at radius 3 is 2.58 bits per heavy atom. The van der Waals surface area contributed by atoms with Crippen LogP contribution in [0.1, 0.15) is 23.7 Å². The quantitative estimate of drug-likeness (QED) is 0.838. The second-order valence-electron chi connectivity index (χ2n) is 4.60. The van der Waals surface area contributed by atoms with Crippen LogP contribution in [0.15, 0.2) is 59.5 Å². The highest BCUT2D eigenvalue weighted by Gasteiger charge is 2.20. The predicted octanol–water partition coefficient (Wildman–Crippen LogP) is 4.25.